The van der Waals surface area contributed by atoms with E-state index in [1.807, 2.05) is 4.90 Å². The van der Waals surface area contributed by atoms with Gasteiger partial charge in [0, 0.05) is 26.5 Å². The number of rotatable bonds is 5. The predicted molar refractivity (Wildman–Crippen MR) is 76.7 cm³/mol. The first-order valence-corrected chi connectivity index (χ1v) is 10.3. The first kappa shape index (κ1) is 14.9. The van der Waals surface area contributed by atoms with Crippen LogP contribution in [0.4, 0.5) is 0 Å². The first-order valence-electron chi connectivity index (χ1n) is 6.04. The minimum Gasteiger partial charge on any atom is -0.362 e. The van der Waals surface area contributed by atoms with E-state index in [1.54, 1.807) is 7.11 Å². The number of carbonyl (C=O) groups is 1. The van der Waals surface area contributed by atoms with E-state index in [2.05, 4.69) is 41.6 Å². The van der Waals surface area contributed by atoms with E-state index in [9.17, 15) is 4.79 Å². The molecule has 1 aliphatic heterocycles. The van der Waals surface area contributed by atoms with E-state index < -0.39 is 8.07 Å². The number of amides is 1. The highest BCUT2D eigenvalue weighted by atomic mass is 79.9. The zero-order valence-corrected chi connectivity index (χ0v) is 13.7. The van der Waals surface area contributed by atoms with Crippen LogP contribution in [0.25, 0.3) is 0 Å². The summed E-state index contributed by atoms with van der Waals surface area (Å²) in [5, 5.41) is 0. The number of nitrogens with zero attached hydrogens (tertiary/aromatic N) is 1. The molecule has 0 aromatic rings. The second-order valence-electron chi connectivity index (χ2n) is 5.41. The highest BCUT2D eigenvalue weighted by Crippen LogP contribution is 2.23. The summed E-state index contributed by atoms with van der Waals surface area (Å²) < 4.78 is 6.62. The quantitative estimate of drug-likeness (QED) is 0.729. The van der Waals surface area contributed by atoms with Crippen LogP contribution in [0.5, 0.6) is 0 Å². The van der Waals surface area contributed by atoms with Gasteiger partial charge in [0.05, 0.1) is 8.07 Å². The molecule has 1 amide bonds. The smallest absolute Gasteiger partial charge is 0.224 e. The van der Waals surface area contributed by atoms with E-state index in [0.29, 0.717) is 6.42 Å². The van der Waals surface area contributed by atoms with Gasteiger partial charge in [-0.1, -0.05) is 41.6 Å². The van der Waals surface area contributed by atoms with E-state index in [1.165, 1.54) is 4.11 Å². The number of hydrogen-bond acceptors (Lipinski definition) is 2. The summed E-state index contributed by atoms with van der Waals surface area (Å²) in [6.45, 7) is 7.66. The average molecular weight is 320 g/mol. The molecule has 1 aliphatic rings. The molecule has 0 spiro atoms. The van der Waals surface area contributed by atoms with Crippen LogP contribution in [0.2, 0.25) is 19.6 Å². The highest BCUT2D eigenvalue weighted by molar-refractivity contribution is 9.12. The van der Waals surface area contributed by atoms with Gasteiger partial charge in [-0.05, 0) is 10.5 Å². The Balaban J connectivity index is 2.48. The monoisotopic (exact) mass is 319 g/mol. The maximum atomic E-state index is 11.6. The number of likely N-dealkylation sites (tertiary alicyclic amines) is 1. The van der Waals surface area contributed by atoms with Crippen molar-refractivity contribution in [3.8, 4) is 0 Å². The second kappa shape index (κ2) is 6.16. The van der Waals surface area contributed by atoms with E-state index in [4.69, 9.17) is 4.74 Å². The summed E-state index contributed by atoms with van der Waals surface area (Å²) in [5.41, 5.74) is 0. The minimum absolute atomic E-state index is 0.0124. The van der Waals surface area contributed by atoms with Crippen molar-refractivity contribution in [2.45, 2.75) is 45.1 Å². The number of ether oxygens (including phenoxy) is 1. The van der Waals surface area contributed by atoms with Crippen LogP contribution < -0.4 is 0 Å². The largest absolute Gasteiger partial charge is 0.362 e. The van der Waals surface area contributed by atoms with Crippen LogP contribution in [0.15, 0.2) is 10.2 Å². The summed E-state index contributed by atoms with van der Waals surface area (Å²) in [6, 6.07) is 0. The van der Waals surface area contributed by atoms with Gasteiger partial charge in [0.15, 0.2) is 0 Å². The lowest BCUT2D eigenvalue weighted by Crippen LogP contribution is -2.34. The molecule has 1 saturated heterocycles. The van der Waals surface area contributed by atoms with Gasteiger partial charge in [0.2, 0.25) is 5.91 Å². The summed E-state index contributed by atoms with van der Waals surface area (Å²) in [4.78, 5) is 13.5. The molecule has 0 radical (unpaired) electrons. The number of hydrogen-bond donors (Lipinski definition) is 0. The van der Waals surface area contributed by atoms with Crippen molar-refractivity contribution in [2.75, 3.05) is 13.7 Å². The van der Waals surface area contributed by atoms with Gasteiger partial charge >= 0.3 is 0 Å². The van der Waals surface area contributed by atoms with Crippen LogP contribution in [-0.4, -0.2) is 38.8 Å². The average Bonchev–Trinajstić information content (AvgIpc) is 2.58. The molecular weight excluding hydrogens is 298 g/mol. The molecule has 0 bridgehead atoms. The van der Waals surface area contributed by atoms with Gasteiger partial charge in [0.1, 0.15) is 6.23 Å². The molecule has 0 aromatic heterocycles. The molecule has 0 aromatic carbocycles. The third-order valence-electron chi connectivity index (χ3n) is 2.96. The van der Waals surface area contributed by atoms with Crippen LogP contribution in [0, 0.1) is 0 Å². The van der Waals surface area contributed by atoms with Crippen molar-refractivity contribution in [1.82, 2.24) is 4.90 Å². The molecule has 1 fully saturated rings. The van der Waals surface area contributed by atoms with Crippen molar-refractivity contribution in [3.05, 3.63) is 10.2 Å². The number of carbonyl (C=O) groups excluding carboxylic acids is 1. The number of halogens is 1. The summed E-state index contributed by atoms with van der Waals surface area (Å²) in [7, 11) is 0.434. The van der Waals surface area contributed by atoms with Gasteiger partial charge in [-0.25, -0.2) is 0 Å². The fourth-order valence-electron chi connectivity index (χ4n) is 1.86. The maximum absolute atomic E-state index is 11.6. The van der Waals surface area contributed by atoms with Crippen molar-refractivity contribution in [1.29, 1.82) is 0 Å². The lowest BCUT2D eigenvalue weighted by atomic mass is 10.3. The van der Waals surface area contributed by atoms with Crippen LogP contribution in [0.1, 0.15) is 19.3 Å². The fourth-order valence-corrected chi connectivity index (χ4v) is 2.84. The van der Waals surface area contributed by atoms with Gasteiger partial charge in [0.25, 0.3) is 0 Å². The molecule has 1 unspecified atom stereocenters. The Hall–Kier alpha value is -0.133. The molecule has 0 aliphatic carbocycles. The third kappa shape index (κ3) is 4.23. The van der Waals surface area contributed by atoms with E-state index in [-0.39, 0.29) is 12.1 Å². The van der Waals surface area contributed by atoms with Gasteiger partial charge < -0.3 is 9.64 Å². The summed E-state index contributed by atoms with van der Waals surface area (Å²) in [6.07, 6.45) is 4.55. The topological polar surface area (TPSA) is 29.5 Å². The van der Waals surface area contributed by atoms with Gasteiger partial charge in [-0.2, -0.15) is 0 Å². The first-order chi connectivity index (χ1) is 7.86. The van der Waals surface area contributed by atoms with Crippen LogP contribution in [0.3, 0.4) is 0 Å². The summed E-state index contributed by atoms with van der Waals surface area (Å²) >= 11 is 3.64. The van der Waals surface area contributed by atoms with Crippen molar-refractivity contribution < 1.29 is 9.53 Å². The molecule has 1 atom stereocenters. The number of methoxy groups -OCH3 is 1. The normalized spacial score (nSPS) is 22.4. The molecule has 5 heteroatoms. The van der Waals surface area contributed by atoms with Crippen molar-refractivity contribution in [3.63, 3.8) is 0 Å². The Bertz CT molecular complexity index is 312. The molecule has 3 nitrogen and oxygen atoms in total. The third-order valence-corrected chi connectivity index (χ3v) is 8.48. The molecule has 98 valence electrons. The Morgan fingerprint density at radius 2 is 2.24 bits per heavy atom. The standard InChI is InChI=1S/C12H22BrNO2Si/c1-16-12-8-7-11(15)14(12)9-5-6-10(13)17(2,3)4/h6,12H,5,7-9H2,1-4H3. The lowest BCUT2D eigenvalue weighted by Gasteiger charge is -2.23. The summed E-state index contributed by atoms with van der Waals surface area (Å²) in [5.74, 6) is 0.217. The zero-order valence-electron chi connectivity index (χ0n) is 11.1. The van der Waals surface area contributed by atoms with E-state index >= 15 is 0 Å². The molecule has 17 heavy (non-hydrogen) atoms. The van der Waals surface area contributed by atoms with E-state index in [0.717, 1.165) is 19.4 Å². The second-order valence-corrected chi connectivity index (χ2v) is 12.0. The SMILES string of the molecule is COC1CCC(=O)N1CCC=C(Br)[Si](C)(C)C. The van der Waals surface area contributed by atoms with Gasteiger partial charge in [-0.15, -0.1) is 0 Å². The Morgan fingerprint density at radius 3 is 2.76 bits per heavy atom. The van der Waals surface area contributed by atoms with Crippen molar-refractivity contribution >= 4 is 29.9 Å². The minimum atomic E-state index is -1.24. The highest BCUT2D eigenvalue weighted by Gasteiger charge is 2.30. The Labute approximate surface area is 113 Å². The lowest BCUT2D eigenvalue weighted by molar-refractivity contribution is -0.134. The Morgan fingerprint density at radius 1 is 1.59 bits per heavy atom. The molecule has 1 heterocycles. The predicted octanol–water partition coefficient (Wildman–Crippen LogP) is 3.13. The van der Waals surface area contributed by atoms with Gasteiger partial charge in [-0.3, -0.25) is 4.79 Å². The Kier molecular flexibility index (Phi) is 5.41. The van der Waals surface area contributed by atoms with Crippen LogP contribution >= 0.6 is 15.9 Å². The molecule has 0 N–H and O–H groups in total. The molecule has 0 saturated carbocycles. The molecule has 1 rings (SSSR count). The maximum Gasteiger partial charge on any atom is 0.224 e. The van der Waals surface area contributed by atoms with Crippen LogP contribution in [-0.2, 0) is 9.53 Å². The van der Waals surface area contributed by atoms with Crippen molar-refractivity contribution in [2.24, 2.45) is 0 Å². The zero-order chi connectivity index (χ0) is 13.1. The fraction of sp³-hybridized carbons (Fsp3) is 0.750. The molecular formula is C12H22BrNO2Si.